The van der Waals surface area contributed by atoms with Crippen molar-refractivity contribution in [1.29, 1.82) is 0 Å². The number of aromatic nitrogens is 2. The van der Waals surface area contributed by atoms with Gasteiger partial charge in [-0.15, -0.1) is 0 Å². The van der Waals surface area contributed by atoms with Crippen molar-refractivity contribution in [2.45, 2.75) is 6.92 Å². The van der Waals surface area contributed by atoms with E-state index in [1.807, 2.05) is 19.1 Å². The molecule has 0 unspecified atom stereocenters. The number of halogens is 1. The van der Waals surface area contributed by atoms with E-state index in [9.17, 15) is 5.21 Å². The summed E-state index contributed by atoms with van der Waals surface area (Å²) in [7, 11) is 0. The molecule has 1 aromatic carbocycles. The molecule has 0 saturated carbocycles. The third-order valence-corrected chi connectivity index (χ3v) is 2.30. The van der Waals surface area contributed by atoms with Crippen molar-refractivity contribution in [2.75, 3.05) is 0 Å². The molecule has 14 heavy (non-hydrogen) atoms. The van der Waals surface area contributed by atoms with Gasteiger partial charge in [0.25, 0.3) is 0 Å². The van der Waals surface area contributed by atoms with Crippen molar-refractivity contribution in [3.63, 3.8) is 0 Å². The topological polar surface area (TPSA) is 38.0 Å². The Morgan fingerprint density at radius 2 is 1.93 bits per heavy atom. The summed E-state index contributed by atoms with van der Waals surface area (Å²) in [5, 5.41) is 10.2. The van der Waals surface area contributed by atoms with Gasteiger partial charge in [-0.25, -0.2) is 4.98 Å². The largest absolute Gasteiger partial charge is 0.427 e. The van der Waals surface area contributed by atoms with Crippen LogP contribution in [0.5, 0.6) is 0 Å². The minimum Gasteiger partial charge on any atom is -0.427 e. The number of aryl methyl sites for hydroxylation is 1. The van der Waals surface area contributed by atoms with Crippen molar-refractivity contribution in [3.05, 3.63) is 41.3 Å². The lowest BCUT2D eigenvalue weighted by atomic mass is 10.1. The van der Waals surface area contributed by atoms with Crippen LogP contribution in [-0.2, 0) is 0 Å². The Hall–Kier alpha value is -1.48. The fourth-order valence-corrected chi connectivity index (χ4v) is 1.50. The van der Waals surface area contributed by atoms with Crippen molar-refractivity contribution in [2.24, 2.45) is 0 Å². The molecule has 0 amide bonds. The van der Waals surface area contributed by atoms with E-state index in [-0.39, 0.29) is 0 Å². The number of hydrogen-bond acceptors (Lipinski definition) is 2. The second-order valence-corrected chi connectivity index (χ2v) is 3.47. The smallest absolute Gasteiger partial charge is 0.132 e. The molecule has 0 bridgehead atoms. The Balaban J connectivity index is 2.54. The van der Waals surface area contributed by atoms with E-state index in [1.54, 1.807) is 12.1 Å². The second-order valence-electron chi connectivity index (χ2n) is 3.03. The van der Waals surface area contributed by atoms with E-state index in [0.717, 1.165) is 16.0 Å². The molecule has 0 radical (unpaired) electrons. The first-order valence-electron chi connectivity index (χ1n) is 4.17. The van der Waals surface area contributed by atoms with Gasteiger partial charge in [-0.1, -0.05) is 23.7 Å². The zero-order valence-corrected chi connectivity index (χ0v) is 8.36. The van der Waals surface area contributed by atoms with Crippen molar-refractivity contribution in [3.8, 4) is 11.3 Å². The molecule has 0 spiro atoms. The zero-order chi connectivity index (χ0) is 10.1. The van der Waals surface area contributed by atoms with Crippen LogP contribution < -0.4 is 0 Å². The molecular formula is C10H9ClN2O. The van der Waals surface area contributed by atoms with Gasteiger partial charge < -0.3 is 5.21 Å². The Labute approximate surface area is 86.5 Å². The number of benzene rings is 1. The van der Waals surface area contributed by atoms with Crippen LogP contribution in [-0.4, -0.2) is 14.9 Å². The quantitative estimate of drug-likeness (QED) is 0.732. The molecule has 0 aliphatic heterocycles. The SMILES string of the molecule is Cc1ncn(O)c1-c1ccc(Cl)cc1. The summed E-state index contributed by atoms with van der Waals surface area (Å²) in [6.07, 6.45) is 1.37. The van der Waals surface area contributed by atoms with Crippen LogP contribution in [0.4, 0.5) is 0 Å². The molecule has 2 aromatic rings. The molecule has 4 heteroatoms. The summed E-state index contributed by atoms with van der Waals surface area (Å²) >= 11 is 5.77. The van der Waals surface area contributed by atoms with Gasteiger partial charge in [0.15, 0.2) is 0 Å². The predicted octanol–water partition coefficient (Wildman–Crippen LogP) is 2.75. The highest BCUT2D eigenvalue weighted by Gasteiger charge is 2.08. The molecule has 1 N–H and O–H groups in total. The molecule has 0 atom stereocenters. The monoisotopic (exact) mass is 208 g/mol. The summed E-state index contributed by atoms with van der Waals surface area (Å²) in [6.45, 7) is 1.84. The van der Waals surface area contributed by atoms with E-state index in [1.165, 1.54) is 6.33 Å². The Kier molecular flexibility index (Phi) is 2.17. The van der Waals surface area contributed by atoms with Crippen molar-refractivity contribution >= 4 is 11.6 Å². The Bertz CT molecular complexity index is 428. The summed E-state index contributed by atoms with van der Waals surface area (Å²) in [5.74, 6) is 0. The van der Waals surface area contributed by atoms with E-state index in [0.29, 0.717) is 10.7 Å². The van der Waals surface area contributed by atoms with Gasteiger partial charge in [-0.05, 0) is 19.1 Å². The van der Waals surface area contributed by atoms with Crippen LogP contribution in [0.25, 0.3) is 11.3 Å². The third kappa shape index (κ3) is 1.46. The van der Waals surface area contributed by atoms with Gasteiger partial charge in [0.2, 0.25) is 0 Å². The molecule has 1 aromatic heterocycles. The predicted molar refractivity (Wildman–Crippen MR) is 54.6 cm³/mol. The lowest BCUT2D eigenvalue weighted by molar-refractivity contribution is 0.190. The first kappa shape index (κ1) is 9.09. The van der Waals surface area contributed by atoms with Gasteiger partial charge in [0, 0.05) is 10.6 Å². The molecule has 0 fully saturated rings. The first-order valence-corrected chi connectivity index (χ1v) is 4.55. The minimum atomic E-state index is 0.676. The maximum atomic E-state index is 9.48. The summed E-state index contributed by atoms with van der Waals surface area (Å²) in [4.78, 5) is 3.99. The molecule has 0 aliphatic rings. The molecular weight excluding hydrogens is 200 g/mol. The molecule has 0 aliphatic carbocycles. The van der Waals surface area contributed by atoms with Crippen LogP contribution in [0.1, 0.15) is 5.69 Å². The number of rotatable bonds is 1. The molecule has 0 saturated heterocycles. The van der Waals surface area contributed by atoms with Crippen LogP contribution in [0, 0.1) is 6.92 Å². The van der Waals surface area contributed by atoms with Gasteiger partial charge in [0.05, 0.1) is 5.69 Å². The second kappa shape index (κ2) is 3.35. The zero-order valence-electron chi connectivity index (χ0n) is 7.61. The number of nitrogens with zero attached hydrogens (tertiary/aromatic N) is 2. The van der Waals surface area contributed by atoms with E-state index in [2.05, 4.69) is 4.98 Å². The summed E-state index contributed by atoms with van der Waals surface area (Å²) in [5.41, 5.74) is 2.38. The third-order valence-electron chi connectivity index (χ3n) is 2.05. The maximum absolute atomic E-state index is 9.48. The highest BCUT2D eigenvalue weighted by Crippen LogP contribution is 2.23. The molecule has 72 valence electrons. The summed E-state index contributed by atoms with van der Waals surface area (Å²) < 4.78 is 1.01. The maximum Gasteiger partial charge on any atom is 0.132 e. The van der Waals surface area contributed by atoms with E-state index in [4.69, 9.17) is 11.6 Å². The number of imidazole rings is 1. The van der Waals surface area contributed by atoms with Gasteiger partial charge in [0.1, 0.15) is 12.0 Å². The average molecular weight is 209 g/mol. The average Bonchev–Trinajstić information content (AvgIpc) is 2.49. The number of hydrogen-bond donors (Lipinski definition) is 1. The first-order chi connectivity index (χ1) is 6.68. The van der Waals surface area contributed by atoms with Crippen molar-refractivity contribution < 1.29 is 5.21 Å². The van der Waals surface area contributed by atoms with Crippen LogP contribution in [0.15, 0.2) is 30.6 Å². The molecule has 2 rings (SSSR count). The van der Waals surface area contributed by atoms with Crippen LogP contribution in [0.3, 0.4) is 0 Å². The lowest BCUT2D eigenvalue weighted by Crippen LogP contribution is -1.92. The minimum absolute atomic E-state index is 0.676. The fraction of sp³-hybridized carbons (Fsp3) is 0.100. The normalized spacial score (nSPS) is 10.4. The standard InChI is InChI=1S/C10H9ClN2O/c1-7-10(13(14)6-12-7)8-2-4-9(11)5-3-8/h2-6,14H,1H3. The van der Waals surface area contributed by atoms with Gasteiger partial charge in [-0.3, -0.25) is 0 Å². The van der Waals surface area contributed by atoms with Gasteiger partial charge in [-0.2, -0.15) is 4.73 Å². The highest BCUT2D eigenvalue weighted by atomic mass is 35.5. The van der Waals surface area contributed by atoms with Crippen LogP contribution >= 0.6 is 11.6 Å². The summed E-state index contributed by atoms with van der Waals surface area (Å²) in [6, 6.07) is 7.25. The van der Waals surface area contributed by atoms with Crippen LogP contribution in [0.2, 0.25) is 5.02 Å². The Morgan fingerprint density at radius 1 is 1.29 bits per heavy atom. The van der Waals surface area contributed by atoms with Crippen molar-refractivity contribution in [1.82, 2.24) is 9.71 Å². The molecule has 3 nitrogen and oxygen atoms in total. The lowest BCUT2D eigenvalue weighted by Gasteiger charge is -2.02. The van der Waals surface area contributed by atoms with E-state index < -0.39 is 0 Å². The van der Waals surface area contributed by atoms with Gasteiger partial charge >= 0.3 is 0 Å². The highest BCUT2D eigenvalue weighted by molar-refractivity contribution is 6.30. The van der Waals surface area contributed by atoms with E-state index >= 15 is 0 Å². The Morgan fingerprint density at radius 3 is 2.43 bits per heavy atom. The molecule has 1 heterocycles. The fourth-order valence-electron chi connectivity index (χ4n) is 1.37.